The van der Waals surface area contributed by atoms with Crippen molar-refractivity contribution >= 4 is 12.0 Å². The van der Waals surface area contributed by atoms with Crippen molar-refractivity contribution in [2.45, 2.75) is 38.4 Å². The van der Waals surface area contributed by atoms with E-state index >= 15 is 0 Å². The normalized spacial score (nSPS) is 18.5. The summed E-state index contributed by atoms with van der Waals surface area (Å²) < 4.78 is 10.3. The van der Waals surface area contributed by atoms with Crippen LogP contribution in [0.5, 0.6) is 0 Å². The van der Waals surface area contributed by atoms with Gasteiger partial charge in [-0.1, -0.05) is 47.9 Å². The maximum absolute atomic E-state index is 11.9. The lowest BCUT2D eigenvalue weighted by molar-refractivity contribution is -0.149. The second-order valence-electron chi connectivity index (χ2n) is 5.59. The van der Waals surface area contributed by atoms with E-state index < -0.39 is 12.1 Å². The van der Waals surface area contributed by atoms with Crippen LogP contribution in [0, 0.1) is 23.7 Å². The molecule has 1 unspecified atom stereocenters. The molecule has 130 valence electrons. The molecule has 0 bridgehead atoms. The van der Waals surface area contributed by atoms with E-state index in [0.717, 1.165) is 36.8 Å². The molecule has 0 amide bonds. The molecule has 2 rings (SSSR count). The Morgan fingerprint density at radius 1 is 1.28 bits per heavy atom. The predicted molar refractivity (Wildman–Crippen MR) is 96.1 cm³/mol. The van der Waals surface area contributed by atoms with Gasteiger partial charge in [0.05, 0.1) is 12.2 Å². The highest BCUT2D eigenvalue weighted by molar-refractivity contribution is 5.73. The summed E-state index contributed by atoms with van der Waals surface area (Å²) >= 11 is 0. The fraction of sp³-hybridized carbons (Fsp3) is 0.381. The zero-order valence-corrected chi connectivity index (χ0v) is 14.4. The Morgan fingerprint density at radius 3 is 2.80 bits per heavy atom. The molecule has 0 aliphatic heterocycles. The van der Waals surface area contributed by atoms with Crippen LogP contribution in [0.4, 0.5) is 0 Å². The average molecular weight is 338 g/mol. The summed E-state index contributed by atoms with van der Waals surface area (Å²) in [6.45, 7) is -0.209. The first-order chi connectivity index (χ1) is 12.2. The Kier molecular flexibility index (Phi) is 7.79. The van der Waals surface area contributed by atoms with Gasteiger partial charge in [-0.2, -0.15) is 0 Å². The molecule has 0 radical (unpaired) electrons. The van der Waals surface area contributed by atoms with E-state index in [4.69, 9.17) is 9.47 Å². The lowest BCUT2D eigenvalue weighted by Crippen LogP contribution is -2.21. The Hall–Kier alpha value is -2.53. The van der Waals surface area contributed by atoms with Crippen LogP contribution in [0.2, 0.25) is 0 Å². The van der Waals surface area contributed by atoms with Crippen LogP contribution in [0.25, 0.3) is 6.08 Å². The van der Waals surface area contributed by atoms with Crippen LogP contribution in [0.1, 0.15) is 36.8 Å². The number of hydrogen-bond donors (Lipinski definition) is 1. The van der Waals surface area contributed by atoms with Crippen molar-refractivity contribution in [3.63, 3.8) is 0 Å². The summed E-state index contributed by atoms with van der Waals surface area (Å²) in [6, 6.07) is 7.48. The number of aliphatic hydroxyl groups is 1. The summed E-state index contributed by atoms with van der Waals surface area (Å²) in [5.74, 6) is 11.8. The minimum Gasteiger partial charge on any atom is -0.442 e. The quantitative estimate of drug-likeness (QED) is 0.662. The van der Waals surface area contributed by atoms with Crippen molar-refractivity contribution < 1.29 is 19.4 Å². The third kappa shape index (κ3) is 6.12. The largest absolute Gasteiger partial charge is 0.442 e. The van der Waals surface area contributed by atoms with Crippen LogP contribution in [-0.2, 0) is 20.9 Å². The number of benzene rings is 1. The smallest absolute Gasteiger partial charge is 0.333 e. The van der Waals surface area contributed by atoms with Crippen molar-refractivity contribution in [1.29, 1.82) is 0 Å². The Labute approximate surface area is 148 Å². The van der Waals surface area contributed by atoms with E-state index in [9.17, 15) is 9.90 Å². The molecule has 1 N–H and O–H groups in total. The Bertz CT molecular complexity index is 740. The molecule has 1 aliphatic carbocycles. The van der Waals surface area contributed by atoms with Gasteiger partial charge in [0.2, 0.25) is 0 Å². The number of carbonyl (C=O) groups excluding carboxylic acids is 1. The Balaban J connectivity index is 2.40. The van der Waals surface area contributed by atoms with E-state index in [0.29, 0.717) is 5.57 Å². The van der Waals surface area contributed by atoms with Crippen LogP contribution >= 0.6 is 0 Å². The monoisotopic (exact) mass is 338 g/mol. The molecule has 4 heteroatoms. The molecule has 1 aliphatic rings. The van der Waals surface area contributed by atoms with E-state index in [-0.39, 0.29) is 13.2 Å². The molecule has 0 saturated carbocycles. The number of esters is 1. The minimum absolute atomic E-state index is 0.0762. The van der Waals surface area contributed by atoms with Crippen molar-refractivity contribution in [2.75, 3.05) is 13.7 Å². The van der Waals surface area contributed by atoms with Gasteiger partial charge < -0.3 is 14.6 Å². The van der Waals surface area contributed by atoms with Gasteiger partial charge in [0.1, 0.15) is 6.61 Å². The fourth-order valence-electron chi connectivity index (χ4n) is 2.37. The standard InChI is InChI=1S/C21H22O4/c1-24-16-21(23)25-20-13-7-5-3-2-4-6-11-18(20)14-17-10-8-9-12-19(17)15-22/h8-10,12,14,20,22H,2-5,15-16H2,1H3/b18-14+. The van der Waals surface area contributed by atoms with Gasteiger partial charge in [-0.05, 0) is 30.0 Å². The van der Waals surface area contributed by atoms with E-state index in [2.05, 4.69) is 23.7 Å². The van der Waals surface area contributed by atoms with Crippen LogP contribution in [0.15, 0.2) is 29.8 Å². The first kappa shape index (κ1) is 18.8. The number of ether oxygens (including phenoxy) is 2. The van der Waals surface area contributed by atoms with Crippen LogP contribution in [0.3, 0.4) is 0 Å². The van der Waals surface area contributed by atoms with Crippen LogP contribution < -0.4 is 0 Å². The van der Waals surface area contributed by atoms with Gasteiger partial charge in [0, 0.05) is 20.0 Å². The summed E-state index contributed by atoms with van der Waals surface area (Å²) in [5, 5.41) is 9.52. The van der Waals surface area contributed by atoms with Crippen molar-refractivity contribution in [3.8, 4) is 23.7 Å². The first-order valence-electron chi connectivity index (χ1n) is 8.30. The maximum atomic E-state index is 11.9. The molecular weight excluding hydrogens is 316 g/mol. The average Bonchev–Trinajstić information content (AvgIpc) is 2.62. The molecule has 0 spiro atoms. The van der Waals surface area contributed by atoms with E-state index in [1.54, 1.807) is 0 Å². The zero-order valence-electron chi connectivity index (χ0n) is 14.4. The topological polar surface area (TPSA) is 55.8 Å². The Morgan fingerprint density at radius 2 is 2.04 bits per heavy atom. The van der Waals surface area contributed by atoms with Gasteiger partial charge in [-0.15, -0.1) is 0 Å². The predicted octanol–water partition coefficient (Wildman–Crippen LogP) is 2.70. The number of aliphatic hydroxyl groups excluding tert-OH is 1. The van der Waals surface area contributed by atoms with Crippen molar-refractivity contribution in [2.24, 2.45) is 0 Å². The fourth-order valence-corrected chi connectivity index (χ4v) is 2.37. The van der Waals surface area contributed by atoms with E-state index in [1.165, 1.54) is 7.11 Å². The van der Waals surface area contributed by atoms with Gasteiger partial charge in [-0.25, -0.2) is 4.79 Å². The highest BCUT2D eigenvalue weighted by Crippen LogP contribution is 2.17. The second kappa shape index (κ2) is 10.4. The summed E-state index contributed by atoms with van der Waals surface area (Å²) in [7, 11) is 1.44. The zero-order chi connectivity index (χ0) is 17.9. The molecular formula is C21H22O4. The molecule has 1 aromatic rings. The van der Waals surface area contributed by atoms with Crippen molar-refractivity contribution in [3.05, 3.63) is 41.0 Å². The van der Waals surface area contributed by atoms with Crippen LogP contribution in [-0.4, -0.2) is 30.9 Å². The minimum atomic E-state index is -0.736. The van der Waals surface area contributed by atoms with Gasteiger partial charge in [0.15, 0.2) is 6.10 Å². The van der Waals surface area contributed by atoms with Crippen molar-refractivity contribution in [1.82, 2.24) is 0 Å². The molecule has 0 heterocycles. The molecule has 25 heavy (non-hydrogen) atoms. The van der Waals surface area contributed by atoms with E-state index in [1.807, 2.05) is 30.3 Å². The number of methoxy groups -OCH3 is 1. The molecule has 0 saturated heterocycles. The third-order valence-electron chi connectivity index (χ3n) is 3.65. The second-order valence-corrected chi connectivity index (χ2v) is 5.59. The highest BCUT2D eigenvalue weighted by Gasteiger charge is 2.17. The number of hydrogen-bond acceptors (Lipinski definition) is 4. The molecule has 1 atom stereocenters. The first-order valence-corrected chi connectivity index (χ1v) is 8.30. The SMILES string of the molecule is COCC(=O)OC1C#CCCCCC#C/C1=C\c1ccccc1CO. The molecule has 4 nitrogen and oxygen atoms in total. The summed E-state index contributed by atoms with van der Waals surface area (Å²) in [5.41, 5.74) is 2.23. The lowest BCUT2D eigenvalue weighted by atomic mass is 10.0. The number of rotatable bonds is 5. The van der Waals surface area contributed by atoms with Gasteiger partial charge in [0.25, 0.3) is 0 Å². The molecule has 0 fully saturated rings. The van der Waals surface area contributed by atoms with Gasteiger partial charge >= 0.3 is 5.97 Å². The molecule has 0 aromatic heterocycles. The summed E-state index contributed by atoms with van der Waals surface area (Å²) in [6.07, 6.45) is 4.60. The molecule has 1 aromatic carbocycles. The number of carbonyl (C=O) groups is 1. The lowest BCUT2D eigenvalue weighted by Gasteiger charge is -2.14. The maximum Gasteiger partial charge on any atom is 0.333 e. The van der Waals surface area contributed by atoms with Gasteiger partial charge in [-0.3, -0.25) is 0 Å². The highest BCUT2D eigenvalue weighted by atomic mass is 16.6. The summed E-state index contributed by atoms with van der Waals surface area (Å²) in [4.78, 5) is 11.9. The third-order valence-corrected chi connectivity index (χ3v) is 3.65.